The second kappa shape index (κ2) is 7.72. The molecule has 0 amide bonds. The van der Waals surface area contributed by atoms with Crippen LogP contribution in [0.3, 0.4) is 0 Å². The molecule has 1 saturated heterocycles. The van der Waals surface area contributed by atoms with Crippen LogP contribution in [0.5, 0.6) is 0 Å². The molecule has 0 spiro atoms. The van der Waals surface area contributed by atoms with Gasteiger partial charge in [0.15, 0.2) is 11.2 Å². The molecular formula is C19H22N6O. The fourth-order valence-electron chi connectivity index (χ4n) is 3.31. The highest BCUT2D eigenvalue weighted by atomic mass is 16.1. The molecule has 0 N–H and O–H groups in total. The van der Waals surface area contributed by atoms with E-state index in [9.17, 15) is 4.79 Å². The smallest absolute Gasteiger partial charge is 0.281 e. The van der Waals surface area contributed by atoms with Crippen molar-refractivity contribution in [2.75, 3.05) is 32.7 Å². The first-order chi connectivity index (χ1) is 12.8. The van der Waals surface area contributed by atoms with E-state index >= 15 is 0 Å². The highest BCUT2D eigenvalue weighted by molar-refractivity contribution is 5.66. The molecule has 26 heavy (non-hydrogen) atoms. The van der Waals surface area contributed by atoms with Gasteiger partial charge in [0.05, 0.1) is 0 Å². The zero-order chi connectivity index (χ0) is 17.8. The van der Waals surface area contributed by atoms with Crippen LogP contribution < -0.4 is 5.56 Å². The third-order valence-corrected chi connectivity index (χ3v) is 4.83. The Hall–Kier alpha value is -2.64. The van der Waals surface area contributed by atoms with E-state index in [2.05, 4.69) is 55.1 Å². The van der Waals surface area contributed by atoms with Crippen LogP contribution >= 0.6 is 0 Å². The van der Waals surface area contributed by atoms with Crippen LogP contribution in [-0.4, -0.2) is 62.0 Å². The second-order valence-electron chi connectivity index (χ2n) is 6.58. The predicted octanol–water partition coefficient (Wildman–Crippen LogP) is 1.00. The summed E-state index contributed by atoms with van der Waals surface area (Å²) in [7, 11) is 0. The Morgan fingerprint density at radius 3 is 2.38 bits per heavy atom. The summed E-state index contributed by atoms with van der Waals surface area (Å²) < 4.78 is 1.63. The SMILES string of the molecule is O=c1c2nccnc2ncn1CCN1CCN(Cc2ccccc2)CC1. The summed E-state index contributed by atoms with van der Waals surface area (Å²) in [5.74, 6) is 0. The number of fused-ring (bicyclic) bond motifs is 1. The van der Waals surface area contributed by atoms with Gasteiger partial charge in [0.1, 0.15) is 6.33 Å². The van der Waals surface area contributed by atoms with Gasteiger partial charge in [0.25, 0.3) is 5.56 Å². The first-order valence-corrected chi connectivity index (χ1v) is 8.94. The summed E-state index contributed by atoms with van der Waals surface area (Å²) >= 11 is 0. The summed E-state index contributed by atoms with van der Waals surface area (Å²) in [6.45, 7) is 6.59. The molecule has 7 nitrogen and oxygen atoms in total. The lowest BCUT2D eigenvalue weighted by atomic mass is 10.2. The molecule has 1 fully saturated rings. The topological polar surface area (TPSA) is 67.2 Å². The van der Waals surface area contributed by atoms with Gasteiger partial charge < -0.3 is 0 Å². The van der Waals surface area contributed by atoms with Gasteiger partial charge >= 0.3 is 0 Å². The van der Waals surface area contributed by atoms with Gasteiger partial charge in [-0.05, 0) is 5.56 Å². The summed E-state index contributed by atoms with van der Waals surface area (Å²) in [6.07, 6.45) is 4.65. The predicted molar refractivity (Wildman–Crippen MR) is 99.8 cm³/mol. The molecule has 1 aliphatic heterocycles. The Balaban J connectivity index is 1.31. The van der Waals surface area contributed by atoms with E-state index in [1.807, 2.05) is 0 Å². The van der Waals surface area contributed by atoms with Gasteiger partial charge in [-0.15, -0.1) is 0 Å². The monoisotopic (exact) mass is 350 g/mol. The molecule has 7 heteroatoms. The molecule has 0 unspecified atom stereocenters. The maximum absolute atomic E-state index is 12.5. The molecule has 0 atom stereocenters. The fraction of sp³-hybridized carbons (Fsp3) is 0.368. The van der Waals surface area contributed by atoms with Crippen LogP contribution in [0.4, 0.5) is 0 Å². The molecule has 1 aromatic carbocycles. The lowest BCUT2D eigenvalue weighted by Crippen LogP contribution is -2.47. The van der Waals surface area contributed by atoms with Crippen LogP contribution in [0.25, 0.3) is 11.2 Å². The Bertz CT molecular complexity index is 918. The molecule has 3 aromatic rings. The first kappa shape index (κ1) is 16.8. The van der Waals surface area contributed by atoms with Crippen LogP contribution in [0, 0.1) is 0 Å². The first-order valence-electron chi connectivity index (χ1n) is 8.94. The van der Waals surface area contributed by atoms with Crippen LogP contribution in [-0.2, 0) is 13.1 Å². The second-order valence-corrected chi connectivity index (χ2v) is 6.58. The lowest BCUT2D eigenvalue weighted by molar-refractivity contribution is 0.124. The lowest BCUT2D eigenvalue weighted by Gasteiger charge is -2.34. The van der Waals surface area contributed by atoms with Gasteiger partial charge in [0.2, 0.25) is 0 Å². The third kappa shape index (κ3) is 3.79. The van der Waals surface area contributed by atoms with Gasteiger partial charge in [-0.3, -0.25) is 19.2 Å². The van der Waals surface area contributed by atoms with E-state index in [0.717, 1.165) is 39.3 Å². The van der Waals surface area contributed by atoms with E-state index in [-0.39, 0.29) is 5.56 Å². The summed E-state index contributed by atoms with van der Waals surface area (Å²) in [5.41, 5.74) is 1.98. The van der Waals surface area contributed by atoms with Crippen molar-refractivity contribution in [3.63, 3.8) is 0 Å². The zero-order valence-electron chi connectivity index (χ0n) is 14.7. The average molecular weight is 350 g/mol. The Labute approximate surface area is 151 Å². The molecule has 0 bridgehead atoms. The molecule has 0 saturated carbocycles. The maximum atomic E-state index is 12.5. The van der Waals surface area contributed by atoms with E-state index in [1.54, 1.807) is 17.1 Å². The summed E-state index contributed by atoms with van der Waals surface area (Å²) in [4.78, 5) is 29.7. The number of nitrogens with zero attached hydrogens (tertiary/aromatic N) is 6. The summed E-state index contributed by atoms with van der Waals surface area (Å²) in [5, 5.41) is 0. The number of hydrogen-bond acceptors (Lipinski definition) is 6. The van der Waals surface area contributed by atoms with E-state index in [1.165, 1.54) is 11.8 Å². The molecule has 3 heterocycles. The highest BCUT2D eigenvalue weighted by Crippen LogP contribution is 2.08. The highest BCUT2D eigenvalue weighted by Gasteiger charge is 2.17. The number of aromatic nitrogens is 4. The number of hydrogen-bond donors (Lipinski definition) is 0. The quantitative estimate of drug-likeness (QED) is 0.684. The minimum Gasteiger partial charge on any atom is -0.299 e. The average Bonchev–Trinajstić information content (AvgIpc) is 2.70. The van der Waals surface area contributed by atoms with Gasteiger partial charge in [-0.2, -0.15) is 0 Å². The van der Waals surface area contributed by atoms with Crippen molar-refractivity contribution in [2.24, 2.45) is 0 Å². The van der Waals surface area contributed by atoms with Crippen molar-refractivity contribution in [3.8, 4) is 0 Å². The van der Waals surface area contributed by atoms with Crippen molar-refractivity contribution >= 4 is 11.2 Å². The summed E-state index contributed by atoms with van der Waals surface area (Å²) in [6, 6.07) is 10.6. The van der Waals surface area contributed by atoms with Crippen LogP contribution in [0.2, 0.25) is 0 Å². The van der Waals surface area contributed by atoms with Crippen molar-refractivity contribution in [2.45, 2.75) is 13.1 Å². The van der Waals surface area contributed by atoms with Crippen LogP contribution in [0.15, 0.2) is 53.8 Å². The molecule has 1 aliphatic rings. The molecule has 0 radical (unpaired) electrons. The molecule has 0 aliphatic carbocycles. The number of benzene rings is 1. The molecule has 4 rings (SSSR count). The van der Waals surface area contributed by atoms with E-state index in [4.69, 9.17) is 0 Å². The van der Waals surface area contributed by atoms with E-state index < -0.39 is 0 Å². The number of piperazine rings is 1. The normalized spacial score (nSPS) is 16.2. The van der Waals surface area contributed by atoms with Crippen molar-refractivity contribution in [1.29, 1.82) is 0 Å². The molecular weight excluding hydrogens is 328 g/mol. The van der Waals surface area contributed by atoms with Crippen molar-refractivity contribution in [1.82, 2.24) is 29.3 Å². The Kier molecular flexibility index (Phi) is 4.99. The third-order valence-electron chi connectivity index (χ3n) is 4.83. The zero-order valence-corrected chi connectivity index (χ0v) is 14.7. The fourth-order valence-corrected chi connectivity index (χ4v) is 3.31. The Morgan fingerprint density at radius 2 is 1.58 bits per heavy atom. The van der Waals surface area contributed by atoms with Gasteiger partial charge in [-0.1, -0.05) is 30.3 Å². The molecule has 2 aromatic heterocycles. The minimum absolute atomic E-state index is 0.120. The maximum Gasteiger partial charge on any atom is 0.281 e. The largest absolute Gasteiger partial charge is 0.299 e. The van der Waals surface area contributed by atoms with Gasteiger partial charge in [0, 0.05) is 58.2 Å². The Morgan fingerprint density at radius 1 is 0.846 bits per heavy atom. The standard InChI is InChI=1S/C19H22N6O/c26-19-17-18(21-7-6-20-17)22-15-25(19)13-12-23-8-10-24(11-9-23)14-16-4-2-1-3-5-16/h1-7,15H,8-14H2. The van der Waals surface area contributed by atoms with Crippen LogP contribution in [0.1, 0.15) is 5.56 Å². The van der Waals surface area contributed by atoms with Crippen molar-refractivity contribution < 1.29 is 0 Å². The van der Waals surface area contributed by atoms with Gasteiger partial charge in [-0.25, -0.2) is 15.0 Å². The van der Waals surface area contributed by atoms with E-state index in [0.29, 0.717) is 17.7 Å². The van der Waals surface area contributed by atoms with Crippen molar-refractivity contribution in [3.05, 3.63) is 65.0 Å². The number of rotatable bonds is 5. The molecule has 134 valence electrons. The minimum atomic E-state index is -0.120.